The van der Waals surface area contributed by atoms with Crippen LogP contribution in [0.2, 0.25) is 0 Å². The molecule has 0 amide bonds. The Hall–Kier alpha value is -0.416. The standard InChI is InChI=1S/C12H24NO6P.Ni/c1-6-17-20(16,18-7-2)9(8-10(13)14)11(15)19-12(3,4)5;/h9H,6-8H2,1-5H3,(H2,13,14);. The van der Waals surface area contributed by atoms with Gasteiger partial charge in [0.15, 0.2) is 11.6 Å². The monoisotopic (exact) mass is 367 g/mol. The van der Waals surface area contributed by atoms with Crippen LogP contribution in [-0.4, -0.2) is 41.4 Å². The van der Waals surface area contributed by atoms with Crippen LogP contribution in [0.3, 0.4) is 0 Å². The van der Waals surface area contributed by atoms with Crippen molar-refractivity contribution in [2.45, 2.75) is 52.3 Å². The summed E-state index contributed by atoms with van der Waals surface area (Å²) in [5.41, 5.74) is -2.13. The second-order valence-electron chi connectivity index (χ2n) is 5.08. The predicted molar refractivity (Wildman–Crippen MR) is 75.5 cm³/mol. The van der Waals surface area contributed by atoms with Crippen LogP contribution in [0.4, 0.5) is 0 Å². The number of aliphatic hydroxyl groups is 1. The summed E-state index contributed by atoms with van der Waals surface area (Å²) in [4.78, 5) is 12.1. The zero-order valence-electron chi connectivity index (χ0n) is 13.0. The molecule has 0 saturated heterocycles. The van der Waals surface area contributed by atoms with Crippen LogP contribution in [0, 0.1) is 5.41 Å². The van der Waals surface area contributed by atoms with Crippen molar-refractivity contribution < 1.29 is 44.7 Å². The maximum atomic E-state index is 12.6. The molecule has 0 heterocycles. The van der Waals surface area contributed by atoms with Crippen LogP contribution in [0.15, 0.2) is 0 Å². The molecule has 0 aromatic heterocycles. The summed E-state index contributed by atoms with van der Waals surface area (Å²) in [7, 11) is -3.80. The smallest absolute Gasteiger partial charge is 0.345 e. The van der Waals surface area contributed by atoms with Crippen LogP contribution in [-0.2, 0) is 39.6 Å². The van der Waals surface area contributed by atoms with Gasteiger partial charge in [-0.3, -0.25) is 14.8 Å². The van der Waals surface area contributed by atoms with Gasteiger partial charge in [0, 0.05) is 22.9 Å². The van der Waals surface area contributed by atoms with Crippen molar-refractivity contribution in [3.05, 3.63) is 0 Å². The minimum absolute atomic E-state index is 0. The topological polar surface area (TPSA) is 106 Å². The molecule has 0 aromatic carbocycles. The average Bonchev–Trinajstić information content (AvgIpc) is 2.23. The van der Waals surface area contributed by atoms with E-state index in [9.17, 15) is 9.36 Å². The quantitative estimate of drug-likeness (QED) is 0.224. The number of rotatable bonds is 8. The second-order valence-corrected chi connectivity index (χ2v) is 7.29. The molecule has 128 valence electrons. The van der Waals surface area contributed by atoms with Crippen LogP contribution >= 0.6 is 7.60 Å². The van der Waals surface area contributed by atoms with Gasteiger partial charge in [-0.1, -0.05) is 0 Å². The van der Waals surface area contributed by atoms with Crippen LogP contribution in [0.25, 0.3) is 0 Å². The molecule has 0 rings (SSSR count). The molecule has 1 atom stereocenters. The normalized spacial score (nSPS) is 13.2. The Balaban J connectivity index is 0. The predicted octanol–water partition coefficient (Wildman–Crippen LogP) is 2.89. The van der Waals surface area contributed by atoms with E-state index in [1.807, 2.05) is 0 Å². The van der Waals surface area contributed by atoms with Gasteiger partial charge in [0.2, 0.25) is 0 Å². The number of ether oxygens (including phenoxy) is 1. The molecule has 0 fully saturated rings. The van der Waals surface area contributed by atoms with E-state index in [1.54, 1.807) is 34.6 Å². The van der Waals surface area contributed by atoms with Gasteiger partial charge in [0.1, 0.15) is 5.60 Å². The minimum Gasteiger partial charge on any atom is -0.497 e. The molecule has 0 aliphatic carbocycles. The van der Waals surface area contributed by atoms with Crippen LogP contribution < -0.4 is 0 Å². The summed E-state index contributed by atoms with van der Waals surface area (Å²) in [5.74, 6) is -1.60. The molecule has 21 heavy (non-hydrogen) atoms. The molecule has 9 heteroatoms. The van der Waals surface area contributed by atoms with E-state index in [-0.39, 0.29) is 29.7 Å². The van der Waals surface area contributed by atoms with Crippen molar-refractivity contribution >= 4 is 19.5 Å². The van der Waals surface area contributed by atoms with E-state index >= 15 is 0 Å². The molecule has 7 nitrogen and oxygen atoms in total. The first-order valence-corrected chi connectivity index (χ1v) is 8.05. The van der Waals surface area contributed by atoms with E-state index in [0.717, 1.165) is 0 Å². The Labute approximate surface area is 135 Å². The Morgan fingerprint density at radius 2 is 1.67 bits per heavy atom. The Morgan fingerprint density at radius 1 is 1.24 bits per heavy atom. The van der Waals surface area contributed by atoms with Crippen molar-refractivity contribution in [1.29, 1.82) is 5.41 Å². The van der Waals surface area contributed by atoms with Crippen molar-refractivity contribution in [1.82, 2.24) is 0 Å². The van der Waals surface area contributed by atoms with Gasteiger partial charge in [-0.05, 0) is 34.6 Å². The van der Waals surface area contributed by atoms with Gasteiger partial charge >= 0.3 is 13.6 Å². The molecule has 0 aromatic rings. The first-order chi connectivity index (χ1) is 9.05. The Morgan fingerprint density at radius 3 is 1.95 bits per heavy atom. The third-order valence-corrected chi connectivity index (χ3v) is 4.46. The molecular weight excluding hydrogens is 344 g/mol. The van der Waals surface area contributed by atoms with Gasteiger partial charge < -0.3 is 18.9 Å². The fourth-order valence-corrected chi connectivity index (χ4v) is 3.32. The molecule has 0 radical (unpaired) electrons. The number of carbonyl (C=O) groups excluding carboxylic acids is 1. The largest absolute Gasteiger partial charge is 0.497 e. The van der Waals surface area contributed by atoms with Gasteiger partial charge in [-0.25, -0.2) is 0 Å². The third-order valence-electron chi connectivity index (χ3n) is 2.07. The molecular formula is C12H24NNiO6P. The molecule has 0 aliphatic heterocycles. The number of hydrogen-bond acceptors (Lipinski definition) is 6. The number of carbonyl (C=O) groups is 1. The molecule has 1 unspecified atom stereocenters. The maximum Gasteiger partial charge on any atom is 0.345 e. The summed E-state index contributed by atoms with van der Waals surface area (Å²) in [6.45, 7) is 8.38. The van der Waals surface area contributed by atoms with Crippen molar-refractivity contribution in [2.24, 2.45) is 0 Å². The van der Waals surface area contributed by atoms with Gasteiger partial charge in [-0.15, -0.1) is 0 Å². The minimum atomic E-state index is -3.80. The number of hydrogen-bond donors (Lipinski definition) is 2. The Bertz CT molecular complexity index is 386. The zero-order valence-corrected chi connectivity index (χ0v) is 14.8. The van der Waals surface area contributed by atoms with E-state index in [1.165, 1.54) is 0 Å². The molecule has 0 aliphatic rings. The second kappa shape index (κ2) is 9.57. The molecule has 2 N–H and O–H groups in total. The van der Waals surface area contributed by atoms with Crippen molar-refractivity contribution in [3.8, 4) is 0 Å². The first-order valence-electron chi connectivity index (χ1n) is 6.43. The number of esters is 1. The zero-order chi connectivity index (χ0) is 16.0. The molecule has 0 bridgehead atoms. The Kier molecular flexibility index (Phi) is 10.4. The van der Waals surface area contributed by atoms with Gasteiger partial charge in [0.05, 0.1) is 13.2 Å². The number of aliphatic hydroxyl groups excluding tert-OH is 1. The summed E-state index contributed by atoms with van der Waals surface area (Å²) >= 11 is 0. The van der Waals surface area contributed by atoms with E-state index in [0.29, 0.717) is 0 Å². The SMILES string of the molecule is CCOP(=O)(OCC)C(CC(=N)O)C(=O)OC(C)(C)C.[Ni]. The van der Waals surface area contributed by atoms with Gasteiger partial charge in [0.25, 0.3) is 0 Å². The van der Waals surface area contributed by atoms with E-state index in [2.05, 4.69) is 0 Å². The summed E-state index contributed by atoms with van der Waals surface area (Å²) in [6.07, 6.45) is -0.452. The average molecular weight is 368 g/mol. The molecule has 0 saturated carbocycles. The summed E-state index contributed by atoms with van der Waals surface area (Å²) in [5, 5.41) is 16.2. The van der Waals surface area contributed by atoms with Gasteiger partial charge in [-0.2, -0.15) is 0 Å². The van der Waals surface area contributed by atoms with E-state index < -0.39 is 37.1 Å². The van der Waals surface area contributed by atoms with Crippen molar-refractivity contribution in [2.75, 3.05) is 13.2 Å². The van der Waals surface area contributed by atoms with Crippen LogP contribution in [0.1, 0.15) is 41.0 Å². The summed E-state index contributed by atoms with van der Waals surface area (Å²) < 4.78 is 28.0. The van der Waals surface area contributed by atoms with Crippen LogP contribution in [0.5, 0.6) is 0 Å². The fourth-order valence-electron chi connectivity index (χ4n) is 1.45. The molecule has 0 spiro atoms. The first kappa shape index (κ1) is 22.9. The fraction of sp³-hybridized carbons (Fsp3) is 0.833. The van der Waals surface area contributed by atoms with E-state index in [4.69, 9.17) is 24.3 Å². The third kappa shape index (κ3) is 8.57. The van der Waals surface area contributed by atoms with Crippen molar-refractivity contribution in [3.63, 3.8) is 0 Å². The number of nitrogens with one attached hydrogen (secondary N) is 1. The summed E-state index contributed by atoms with van der Waals surface area (Å²) in [6, 6.07) is 0. The maximum absolute atomic E-state index is 12.6.